The van der Waals surface area contributed by atoms with Crippen molar-refractivity contribution >= 4 is 11.3 Å². The van der Waals surface area contributed by atoms with Gasteiger partial charge >= 0.3 is 0 Å². The normalized spacial score (nSPS) is 20.2. The topological polar surface area (TPSA) is 24.9 Å². The monoisotopic (exact) mass is 266 g/mol. The second kappa shape index (κ2) is 5.70. The molecule has 1 heterocycles. The lowest BCUT2D eigenvalue weighted by atomic mass is 9.84. The third kappa shape index (κ3) is 2.48. The maximum Gasteiger partial charge on any atom is 0.113 e. The Hall–Kier alpha value is -0.410. The smallest absolute Gasteiger partial charge is 0.113 e. The Morgan fingerprint density at radius 2 is 2.00 bits per heavy atom. The molecule has 1 aliphatic rings. The highest BCUT2D eigenvalue weighted by Gasteiger charge is 2.39. The molecule has 0 amide bonds. The summed E-state index contributed by atoms with van der Waals surface area (Å²) in [5.41, 5.74) is 1.38. The number of hydrogen-bond acceptors (Lipinski definition) is 3. The Morgan fingerprint density at radius 1 is 1.33 bits per heavy atom. The third-order valence-electron chi connectivity index (χ3n) is 4.39. The molecule has 1 saturated carbocycles. The van der Waals surface area contributed by atoms with Gasteiger partial charge in [-0.25, -0.2) is 4.98 Å². The lowest BCUT2D eigenvalue weighted by molar-refractivity contribution is 0.238. The van der Waals surface area contributed by atoms with Gasteiger partial charge in [0.1, 0.15) is 5.01 Å². The largest absolute Gasteiger partial charge is 0.306 e. The molecule has 0 saturated heterocycles. The summed E-state index contributed by atoms with van der Waals surface area (Å²) in [6, 6.07) is 0. The highest BCUT2D eigenvalue weighted by Crippen LogP contribution is 2.42. The molecular formula is C15H26N2S. The van der Waals surface area contributed by atoms with Gasteiger partial charge in [-0.05, 0) is 45.6 Å². The standard InChI is InChI=1S/C15H26N2S/c1-5-13-11(3)18-14(17-13)15(4,16-6-2)12-9-7-8-10-12/h12,16H,5-10H2,1-4H3. The first kappa shape index (κ1) is 14.0. The number of hydrogen-bond donors (Lipinski definition) is 1. The molecule has 1 fully saturated rings. The molecule has 0 radical (unpaired) electrons. The van der Waals surface area contributed by atoms with Gasteiger partial charge in [-0.1, -0.05) is 26.7 Å². The fourth-order valence-electron chi connectivity index (χ4n) is 3.24. The number of rotatable bonds is 5. The molecule has 1 atom stereocenters. The summed E-state index contributed by atoms with van der Waals surface area (Å²) in [7, 11) is 0. The maximum absolute atomic E-state index is 4.92. The molecule has 0 aliphatic heterocycles. The molecule has 0 aromatic carbocycles. The molecule has 2 nitrogen and oxygen atoms in total. The van der Waals surface area contributed by atoms with Crippen molar-refractivity contribution in [3.63, 3.8) is 0 Å². The van der Waals surface area contributed by atoms with Crippen molar-refractivity contribution in [2.45, 2.75) is 65.3 Å². The highest BCUT2D eigenvalue weighted by atomic mass is 32.1. The van der Waals surface area contributed by atoms with E-state index in [0.29, 0.717) is 0 Å². The summed E-state index contributed by atoms with van der Waals surface area (Å²) < 4.78 is 0. The van der Waals surface area contributed by atoms with E-state index < -0.39 is 0 Å². The van der Waals surface area contributed by atoms with Gasteiger partial charge in [-0.3, -0.25) is 0 Å². The third-order valence-corrected chi connectivity index (χ3v) is 5.64. The van der Waals surface area contributed by atoms with Crippen molar-refractivity contribution in [1.82, 2.24) is 10.3 Å². The minimum absolute atomic E-state index is 0.0914. The average molecular weight is 266 g/mol. The molecule has 0 spiro atoms. The van der Waals surface area contributed by atoms with Gasteiger partial charge in [0.2, 0.25) is 0 Å². The number of aryl methyl sites for hydroxylation is 2. The van der Waals surface area contributed by atoms with Crippen LogP contribution in [-0.2, 0) is 12.0 Å². The number of nitrogens with zero attached hydrogens (tertiary/aromatic N) is 1. The van der Waals surface area contributed by atoms with Crippen LogP contribution >= 0.6 is 11.3 Å². The molecular weight excluding hydrogens is 240 g/mol. The molecule has 0 bridgehead atoms. The number of nitrogens with one attached hydrogen (secondary N) is 1. The van der Waals surface area contributed by atoms with Gasteiger partial charge in [0.05, 0.1) is 11.2 Å². The summed E-state index contributed by atoms with van der Waals surface area (Å²) in [5, 5.41) is 5.04. The van der Waals surface area contributed by atoms with E-state index in [9.17, 15) is 0 Å². The van der Waals surface area contributed by atoms with Crippen LogP contribution in [0.4, 0.5) is 0 Å². The minimum atomic E-state index is 0.0914. The lowest BCUT2D eigenvalue weighted by Gasteiger charge is -2.34. The van der Waals surface area contributed by atoms with E-state index in [-0.39, 0.29) is 5.54 Å². The van der Waals surface area contributed by atoms with E-state index in [0.717, 1.165) is 18.9 Å². The summed E-state index contributed by atoms with van der Waals surface area (Å²) >= 11 is 1.90. The maximum atomic E-state index is 4.92. The molecule has 18 heavy (non-hydrogen) atoms. The first-order valence-electron chi connectivity index (χ1n) is 7.33. The fourth-order valence-corrected chi connectivity index (χ4v) is 4.45. The Morgan fingerprint density at radius 3 is 2.50 bits per heavy atom. The SMILES string of the molecule is CCNC(C)(c1nc(CC)c(C)s1)C1CCCC1. The van der Waals surface area contributed by atoms with Crippen molar-refractivity contribution in [3.8, 4) is 0 Å². The number of aromatic nitrogens is 1. The molecule has 1 aromatic heterocycles. The summed E-state index contributed by atoms with van der Waals surface area (Å²) in [6.07, 6.45) is 6.52. The van der Waals surface area contributed by atoms with E-state index in [1.807, 2.05) is 11.3 Å². The average Bonchev–Trinajstić information content (AvgIpc) is 2.98. The highest BCUT2D eigenvalue weighted by molar-refractivity contribution is 7.11. The van der Waals surface area contributed by atoms with E-state index in [2.05, 4.69) is 33.0 Å². The van der Waals surface area contributed by atoms with Crippen LogP contribution in [0.25, 0.3) is 0 Å². The van der Waals surface area contributed by atoms with E-state index in [1.54, 1.807) is 0 Å². The lowest BCUT2D eigenvalue weighted by Crippen LogP contribution is -2.45. The van der Waals surface area contributed by atoms with Crippen LogP contribution in [0.1, 0.15) is 62.0 Å². The van der Waals surface area contributed by atoms with Crippen LogP contribution in [0.15, 0.2) is 0 Å². The molecule has 1 N–H and O–H groups in total. The second-order valence-electron chi connectivity index (χ2n) is 5.59. The molecule has 1 aromatic rings. The van der Waals surface area contributed by atoms with Crippen molar-refractivity contribution in [2.75, 3.05) is 6.54 Å². The quantitative estimate of drug-likeness (QED) is 0.870. The van der Waals surface area contributed by atoms with E-state index >= 15 is 0 Å². The van der Waals surface area contributed by atoms with Gasteiger partial charge < -0.3 is 5.32 Å². The van der Waals surface area contributed by atoms with E-state index in [1.165, 1.54) is 41.3 Å². The van der Waals surface area contributed by atoms with Crippen LogP contribution in [0.5, 0.6) is 0 Å². The zero-order valence-electron chi connectivity index (χ0n) is 12.2. The van der Waals surface area contributed by atoms with Crippen LogP contribution in [-0.4, -0.2) is 11.5 Å². The fraction of sp³-hybridized carbons (Fsp3) is 0.800. The first-order valence-corrected chi connectivity index (χ1v) is 8.15. The Balaban J connectivity index is 2.32. The molecule has 3 heteroatoms. The Bertz CT molecular complexity index is 393. The van der Waals surface area contributed by atoms with Crippen molar-refractivity contribution < 1.29 is 0 Å². The molecule has 2 rings (SSSR count). The zero-order valence-corrected chi connectivity index (χ0v) is 13.0. The van der Waals surface area contributed by atoms with Crippen LogP contribution < -0.4 is 5.32 Å². The zero-order chi connectivity index (χ0) is 13.2. The minimum Gasteiger partial charge on any atom is -0.306 e. The van der Waals surface area contributed by atoms with Gasteiger partial charge in [-0.2, -0.15) is 0 Å². The summed E-state index contributed by atoms with van der Waals surface area (Å²) in [6.45, 7) is 10.00. The predicted octanol–water partition coefficient (Wildman–Crippen LogP) is 4.03. The first-order chi connectivity index (χ1) is 8.61. The van der Waals surface area contributed by atoms with Crippen LogP contribution in [0.3, 0.4) is 0 Å². The van der Waals surface area contributed by atoms with Gasteiger partial charge in [0, 0.05) is 4.88 Å². The van der Waals surface area contributed by atoms with Crippen LogP contribution in [0.2, 0.25) is 0 Å². The Kier molecular flexibility index (Phi) is 4.44. The molecule has 102 valence electrons. The van der Waals surface area contributed by atoms with Gasteiger partial charge in [0.15, 0.2) is 0 Å². The van der Waals surface area contributed by atoms with Crippen LogP contribution in [0, 0.1) is 12.8 Å². The Labute approximate surface area is 115 Å². The second-order valence-corrected chi connectivity index (χ2v) is 6.79. The summed E-state index contributed by atoms with van der Waals surface area (Å²) in [5.74, 6) is 0.757. The molecule has 1 unspecified atom stereocenters. The van der Waals surface area contributed by atoms with Gasteiger partial charge in [0.25, 0.3) is 0 Å². The molecule has 1 aliphatic carbocycles. The van der Waals surface area contributed by atoms with E-state index in [4.69, 9.17) is 4.98 Å². The predicted molar refractivity (Wildman–Crippen MR) is 79.2 cm³/mol. The van der Waals surface area contributed by atoms with Gasteiger partial charge in [-0.15, -0.1) is 11.3 Å². The van der Waals surface area contributed by atoms with Crippen molar-refractivity contribution in [3.05, 3.63) is 15.6 Å². The number of thiazole rings is 1. The van der Waals surface area contributed by atoms with Crippen molar-refractivity contribution in [2.24, 2.45) is 5.92 Å². The van der Waals surface area contributed by atoms with Crippen molar-refractivity contribution in [1.29, 1.82) is 0 Å². The summed E-state index contributed by atoms with van der Waals surface area (Å²) in [4.78, 5) is 6.32.